The summed E-state index contributed by atoms with van der Waals surface area (Å²) in [6, 6.07) is -2.13. The van der Waals surface area contributed by atoms with Crippen LogP contribution >= 0.6 is 11.6 Å². The van der Waals surface area contributed by atoms with Gasteiger partial charge in [-0.1, -0.05) is 13.8 Å². The summed E-state index contributed by atoms with van der Waals surface area (Å²) in [5, 5.41) is 11.5. The number of alkyl halides is 1. The standard InChI is InChI=1S/C11H19ClN2O4/c1-6(2)4-8(14-9(15)5-12)10(16)13-7(3)11(17)18/h6-8H,4-5H2,1-3H3,(H,13,16)(H,14,15)(H,17,18)/t7-,8-/m0/s1/i/hD. The molecule has 0 aromatic rings. The van der Waals surface area contributed by atoms with Crippen molar-refractivity contribution in [2.75, 3.05) is 5.88 Å². The lowest BCUT2D eigenvalue weighted by molar-refractivity contribution is -0.141. The fraction of sp³-hybridized carbons (Fsp3) is 0.727. The van der Waals surface area contributed by atoms with Gasteiger partial charge in [0.05, 0.1) is 0 Å². The van der Waals surface area contributed by atoms with E-state index in [2.05, 4.69) is 5.32 Å². The SMILES string of the molecule is [2H]N(C(=O)CCl)[C@@H](CC(C)C)C(=O)N[C@@H](C)C(=O)O. The molecular formula is C11H19ClN2O4. The molecule has 0 radical (unpaired) electrons. The number of halogens is 1. The second kappa shape index (κ2) is 7.92. The van der Waals surface area contributed by atoms with Crippen molar-refractivity contribution < 1.29 is 20.9 Å². The van der Waals surface area contributed by atoms with Gasteiger partial charge in [0.25, 0.3) is 0 Å². The molecule has 0 aliphatic heterocycles. The van der Waals surface area contributed by atoms with Gasteiger partial charge < -0.3 is 15.7 Å². The maximum absolute atomic E-state index is 11.9. The molecule has 0 fully saturated rings. The minimum atomic E-state index is -1.18. The number of nitrogens with one attached hydrogen (secondary N) is 2. The van der Waals surface area contributed by atoms with Crippen LogP contribution in [0.4, 0.5) is 0 Å². The summed E-state index contributed by atoms with van der Waals surface area (Å²) in [6.07, 6.45) is 0.254. The molecule has 2 atom stereocenters. The van der Waals surface area contributed by atoms with Crippen molar-refractivity contribution in [3.05, 3.63) is 0 Å². The van der Waals surface area contributed by atoms with Gasteiger partial charge in [0.2, 0.25) is 11.8 Å². The number of carbonyl (C=O) groups is 3. The summed E-state index contributed by atoms with van der Waals surface area (Å²) >= 11 is 5.35. The second-order valence-corrected chi connectivity index (χ2v) is 4.64. The second-order valence-electron chi connectivity index (χ2n) is 4.37. The van der Waals surface area contributed by atoms with Crippen molar-refractivity contribution in [1.29, 1.82) is 0 Å². The fourth-order valence-corrected chi connectivity index (χ4v) is 1.31. The van der Waals surface area contributed by atoms with Crippen LogP contribution in [0.1, 0.15) is 27.2 Å². The van der Waals surface area contributed by atoms with E-state index in [0.29, 0.717) is 5.31 Å². The Morgan fingerprint density at radius 1 is 1.33 bits per heavy atom. The van der Waals surface area contributed by atoms with Gasteiger partial charge in [-0.2, -0.15) is 0 Å². The van der Waals surface area contributed by atoms with Gasteiger partial charge in [-0.05, 0) is 19.3 Å². The average molecular weight is 280 g/mol. The van der Waals surface area contributed by atoms with E-state index in [9.17, 15) is 14.4 Å². The number of hydrogen-bond acceptors (Lipinski definition) is 3. The van der Waals surface area contributed by atoms with Gasteiger partial charge in [0, 0.05) is 0 Å². The van der Waals surface area contributed by atoms with E-state index in [-0.39, 0.29) is 12.3 Å². The van der Waals surface area contributed by atoms with E-state index < -0.39 is 35.7 Å². The Labute approximate surface area is 113 Å². The molecule has 0 aliphatic rings. The molecule has 2 amide bonds. The summed E-state index contributed by atoms with van der Waals surface area (Å²) in [5.74, 6) is -2.90. The van der Waals surface area contributed by atoms with Gasteiger partial charge in [-0.25, -0.2) is 0 Å². The molecule has 0 heterocycles. The number of carboxylic acids is 1. The fourth-order valence-electron chi connectivity index (χ4n) is 1.24. The molecule has 0 saturated carbocycles. The van der Waals surface area contributed by atoms with Crippen molar-refractivity contribution in [3.63, 3.8) is 0 Å². The first-order valence-corrected chi connectivity index (χ1v) is 6.14. The molecule has 0 unspecified atom stereocenters. The van der Waals surface area contributed by atoms with Crippen LogP contribution < -0.4 is 10.6 Å². The highest BCUT2D eigenvalue weighted by Crippen LogP contribution is 2.05. The van der Waals surface area contributed by atoms with E-state index in [1.807, 2.05) is 13.8 Å². The Morgan fingerprint density at radius 2 is 1.89 bits per heavy atom. The van der Waals surface area contributed by atoms with E-state index in [0.717, 1.165) is 0 Å². The van der Waals surface area contributed by atoms with Gasteiger partial charge in [0.1, 0.15) is 18.0 Å². The molecule has 0 aromatic heterocycles. The van der Waals surface area contributed by atoms with Crippen LogP contribution in [0, 0.1) is 5.92 Å². The quantitative estimate of drug-likeness (QED) is 0.586. The number of rotatable bonds is 7. The topological polar surface area (TPSA) is 95.5 Å². The van der Waals surface area contributed by atoms with Crippen LogP contribution in [0.25, 0.3) is 0 Å². The van der Waals surface area contributed by atoms with Crippen molar-refractivity contribution in [2.24, 2.45) is 5.92 Å². The van der Waals surface area contributed by atoms with Crippen LogP contribution in [0.2, 0.25) is 1.41 Å². The molecule has 0 spiro atoms. The molecule has 6 nitrogen and oxygen atoms in total. The number of amides is 2. The zero-order valence-corrected chi connectivity index (χ0v) is 11.4. The molecule has 3 N–H and O–H groups in total. The summed E-state index contributed by atoms with van der Waals surface area (Å²) in [6.45, 7) is 4.98. The Morgan fingerprint density at radius 3 is 2.28 bits per heavy atom. The van der Waals surface area contributed by atoms with Crippen LogP contribution in [0.3, 0.4) is 0 Å². The van der Waals surface area contributed by atoms with Crippen molar-refractivity contribution in [2.45, 2.75) is 39.3 Å². The summed E-state index contributed by atoms with van der Waals surface area (Å²) < 4.78 is 7.60. The summed E-state index contributed by atoms with van der Waals surface area (Å²) in [7, 11) is 0. The highest BCUT2D eigenvalue weighted by atomic mass is 35.5. The Hall–Kier alpha value is -1.30. The third-order valence-corrected chi connectivity index (χ3v) is 2.37. The van der Waals surface area contributed by atoms with Crippen LogP contribution in [0.5, 0.6) is 0 Å². The first kappa shape index (κ1) is 14.8. The molecule has 104 valence electrons. The number of hydrogen-bond donors (Lipinski definition) is 3. The smallest absolute Gasteiger partial charge is 0.325 e. The van der Waals surface area contributed by atoms with E-state index in [1.54, 1.807) is 0 Å². The number of aliphatic carboxylic acids is 1. The zero-order valence-electron chi connectivity index (χ0n) is 11.6. The maximum atomic E-state index is 11.9. The minimum Gasteiger partial charge on any atom is -0.480 e. The molecule has 0 aromatic carbocycles. The summed E-state index contributed by atoms with van der Waals surface area (Å²) in [4.78, 5) is 34.0. The first-order valence-electron chi connectivity index (χ1n) is 6.05. The first-order chi connectivity index (χ1) is 8.70. The van der Waals surface area contributed by atoms with E-state index in [1.165, 1.54) is 6.92 Å². The highest BCUT2D eigenvalue weighted by Gasteiger charge is 2.24. The predicted molar refractivity (Wildman–Crippen MR) is 67.3 cm³/mol. The van der Waals surface area contributed by atoms with E-state index >= 15 is 0 Å². The molecule has 0 bridgehead atoms. The maximum Gasteiger partial charge on any atom is 0.325 e. The predicted octanol–water partition coefficient (Wildman–Crippen LogP) is 0.345. The normalized spacial score (nSPS) is 14.6. The van der Waals surface area contributed by atoms with Crippen LogP contribution in [0.15, 0.2) is 0 Å². The lowest BCUT2D eigenvalue weighted by atomic mass is 10.0. The molecule has 0 rings (SSSR count). The van der Waals surface area contributed by atoms with Crippen LogP contribution in [-0.2, 0) is 14.4 Å². The van der Waals surface area contributed by atoms with Crippen molar-refractivity contribution >= 4 is 29.4 Å². The lowest BCUT2D eigenvalue weighted by Gasteiger charge is -2.21. The third-order valence-electron chi connectivity index (χ3n) is 2.14. The van der Waals surface area contributed by atoms with Gasteiger partial charge >= 0.3 is 5.97 Å². The third kappa shape index (κ3) is 6.44. The largest absolute Gasteiger partial charge is 0.480 e. The van der Waals surface area contributed by atoms with Crippen molar-refractivity contribution in [1.82, 2.24) is 10.6 Å². The Kier molecular flexibility index (Phi) is 6.49. The highest BCUT2D eigenvalue weighted by molar-refractivity contribution is 6.27. The van der Waals surface area contributed by atoms with Gasteiger partial charge in [-0.3, -0.25) is 14.4 Å². The Balaban J connectivity index is 4.88. The summed E-state index contributed by atoms with van der Waals surface area (Å²) in [5.41, 5.74) is 0. The van der Waals surface area contributed by atoms with Gasteiger partial charge in [-0.15, -0.1) is 11.6 Å². The number of carbonyl (C=O) groups excluding carboxylic acids is 2. The van der Waals surface area contributed by atoms with Gasteiger partial charge in [0.15, 0.2) is 1.41 Å². The molecule has 0 aliphatic carbocycles. The van der Waals surface area contributed by atoms with Crippen molar-refractivity contribution in [3.8, 4) is 0 Å². The van der Waals surface area contributed by atoms with Crippen LogP contribution in [-0.4, -0.2) is 40.9 Å². The minimum absolute atomic E-state index is 0.0619. The molecular weight excluding hydrogens is 260 g/mol. The Bertz CT molecular complexity index is 352. The molecule has 0 saturated heterocycles. The number of carboxylic acid groups (broad SMARTS) is 1. The zero-order chi connectivity index (χ0) is 15.2. The average Bonchev–Trinajstić information content (AvgIpc) is 2.33. The lowest BCUT2D eigenvalue weighted by Crippen LogP contribution is -2.51. The van der Waals surface area contributed by atoms with E-state index in [4.69, 9.17) is 18.1 Å². The monoisotopic (exact) mass is 279 g/mol. The molecule has 18 heavy (non-hydrogen) atoms. The molecule has 7 heteroatoms.